The monoisotopic (exact) mass is 590 g/mol. The zero-order valence-electron chi connectivity index (χ0n) is 23.0. The summed E-state index contributed by atoms with van der Waals surface area (Å²) in [6, 6.07) is 12.9. The number of anilines is 1. The summed E-state index contributed by atoms with van der Waals surface area (Å²) in [6.45, 7) is 1.92. The SMILES string of the molecule is COc1cccc(C(CN2CCC(C(=O)Nc3ccc(Cl)cc3OC(F)F)(n3nccc3C(C)C)CC2)C(=O)O)c1. The number of carbonyl (C=O) groups excluding carboxylic acids is 1. The number of nitrogens with one attached hydrogen (secondary N) is 1. The lowest BCUT2D eigenvalue weighted by Crippen LogP contribution is -2.54. The fourth-order valence-corrected chi connectivity index (χ4v) is 5.39. The van der Waals surface area contributed by atoms with E-state index in [1.54, 1.807) is 35.1 Å². The lowest BCUT2D eigenvalue weighted by atomic mass is 9.84. The van der Waals surface area contributed by atoms with Crippen LogP contribution in [0.25, 0.3) is 0 Å². The zero-order valence-corrected chi connectivity index (χ0v) is 23.8. The predicted molar refractivity (Wildman–Crippen MR) is 150 cm³/mol. The number of methoxy groups -OCH3 is 1. The van der Waals surface area contributed by atoms with E-state index in [4.69, 9.17) is 16.3 Å². The molecule has 1 aromatic heterocycles. The number of nitrogens with zero attached hydrogens (tertiary/aromatic N) is 3. The molecule has 1 aliphatic heterocycles. The molecule has 0 radical (unpaired) electrons. The molecule has 1 fully saturated rings. The van der Waals surface area contributed by atoms with Crippen LogP contribution >= 0.6 is 11.6 Å². The quantitative estimate of drug-likeness (QED) is 0.301. The Bertz CT molecular complexity index is 1370. The molecule has 1 amide bonds. The van der Waals surface area contributed by atoms with Crippen molar-refractivity contribution in [2.24, 2.45) is 0 Å². The number of rotatable bonds is 11. The Morgan fingerprint density at radius 2 is 1.88 bits per heavy atom. The molecule has 220 valence electrons. The molecule has 12 heteroatoms. The summed E-state index contributed by atoms with van der Waals surface area (Å²) in [6.07, 6.45) is 2.25. The average Bonchev–Trinajstić information content (AvgIpc) is 3.44. The van der Waals surface area contributed by atoms with Crippen LogP contribution in [0.1, 0.15) is 49.8 Å². The van der Waals surface area contributed by atoms with Gasteiger partial charge in [-0.15, -0.1) is 0 Å². The Morgan fingerprint density at radius 1 is 1.15 bits per heavy atom. The number of alkyl halides is 2. The van der Waals surface area contributed by atoms with Crippen molar-refractivity contribution >= 4 is 29.2 Å². The summed E-state index contributed by atoms with van der Waals surface area (Å²) in [4.78, 5) is 28.3. The fraction of sp³-hybridized carbons (Fsp3) is 0.414. The van der Waals surface area contributed by atoms with E-state index in [-0.39, 0.29) is 28.9 Å². The molecule has 1 saturated heterocycles. The molecular formula is C29H33ClF2N4O5. The highest BCUT2D eigenvalue weighted by molar-refractivity contribution is 6.30. The Kier molecular flexibility index (Phi) is 9.49. The van der Waals surface area contributed by atoms with Crippen molar-refractivity contribution in [2.45, 2.75) is 50.7 Å². The number of likely N-dealkylation sites (tertiary alicyclic amines) is 1. The minimum atomic E-state index is -3.10. The number of amides is 1. The molecule has 41 heavy (non-hydrogen) atoms. The number of carboxylic acid groups (broad SMARTS) is 1. The van der Waals surface area contributed by atoms with Crippen molar-refractivity contribution in [3.05, 3.63) is 71.0 Å². The molecule has 0 bridgehead atoms. The van der Waals surface area contributed by atoms with Gasteiger partial charge in [-0.25, -0.2) is 0 Å². The van der Waals surface area contributed by atoms with Gasteiger partial charge in [0.2, 0.25) is 0 Å². The summed E-state index contributed by atoms with van der Waals surface area (Å²) in [5.74, 6) is -1.83. The van der Waals surface area contributed by atoms with Crippen molar-refractivity contribution in [1.29, 1.82) is 0 Å². The minimum absolute atomic E-state index is 0.0536. The highest BCUT2D eigenvalue weighted by Crippen LogP contribution is 2.37. The number of aromatic nitrogens is 2. The van der Waals surface area contributed by atoms with Crippen LogP contribution in [0.15, 0.2) is 54.7 Å². The van der Waals surface area contributed by atoms with Gasteiger partial charge in [0.25, 0.3) is 5.91 Å². The maximum Gasteiger partial charge on any atom is 0.387 e. The molecule has 1 unspecified atom stereocenters. The third-order valence-electron chi connectivity index (χ3n) is 7.42. The molecule has 0 aliphatic carbocycles. The Morgan fingerprint density at radius 3 is 2.51 bits per heavy atom. The number of benzene rings is 2. The van der Waals surface area contributed by atoms with E-state index in [1.165, 1.54) is 25.3 Å². The van der Waals surface area contributed by atoms with Gasteiger partial charge in [-0.3, -0.25) is 14.3 Å². The van der Waals surface area contributed by atoms with Crippen molar-refractivity contribution < 1.29 is 33.0 Å². The van der Waals surface area contributed by atoms with E-state index < -0.39 is 29.9 Å². The molecule has 2 heterocycles. The van der Waals surface area contributed by atoms with Crippen LogP contribution in [0, 0.1) is 0 Å². The molecule has 1 aliphatic rings. The maximum absolute atomic E-state index is 14.0. The van der Waals surface area contributed by atoms with E-state index in [1.807, 2.05) is 24.8 Å². The topological polar surface area (TPSA) is 106 Å². The largest absolute Gasteiger partial charge is 0.497 e. The smallest absolute Gasteiger partial charge is 0.387 e. The van der Waals surface area contributed by atoms with Gasteiger partial charge in [0, 0.05) is 42.6 Å². The highest BCUT2D eigenvalue weighted by Gasteiger charge is 2.46. The van der Waals surface area contributed by atoms with Gasteiger partial charge in [0.1, 0.15) is 11.3 Å². The van der Waals surface area contributed by atoms with Crippen LogP contribution in [-0.4, -0.2) is 65.0 Å². The number of carbonyl (C=O) groups is 2. The van der Waals surface area contributed by atoms with Crippen LogP contribution in [0.4, 0.5) is 14.5 Å². The first-order valence-corrected chi connectivity index (χ1v) is 13.6. The molecule has 2 aromatic carbocycles. The second-order valence-corrected chi connectivity index (χ2v) is 10.7. The van der Waals surface area contributed by atoms with Crippen molar-refractivity contribution in [3.63, 3.8) is 0 Å². The molecule has 4 rings (SSSR count). The molecular weight excluding hydrogens is 558 g/mol. The van der Waals surface area contributed by atoms with Crippen LogP contribution in [-0.2, 0) is 15.1 Å². The zero-order chi connectivity index (χ0) is 29.7. The summed E-state index contributed by atoms with van der Waals surface area (Å²) in [5, 5.41) is 17.5. The first-order valence-electron chi connectivity index (χ1n) is 13.2. The summed E-state index contributed by atoms with van der Waals surface area (Å²) < 4.78 is 37.8. The fourth-order valence-electron chi connectivity index (χ4n) is 5.22. The van der Waals surface area contributed by atoms with Crippen LogP contribution < -0.4 is 14.8 Å². The third-order valence-corrected chi connectivity index (χ3v) is 7.65. The molecule has 0 saturated carbocycles. The van der Waals surface area contributed by atoms with E-state index in [0.717, 1.165) is 5.69 Å². The number of piperidine rings is 1. The number of hydrogen-bond acceptors (Lipinski definition) is 6. The molecule has 2 N–H and O–H groups in total. The van der Waals surface area contributed by atoms with Gasteiger partial charge in [-0.1, -0.05) is 37.6 Å². The van der Waals surface area contributed by atoms with E-state index >= 15 is 0 Å². The summed E-state index contributed by atoms with van der Waals surface area (Å²) >= 11 is 5.98. The van der Waals surface area contributed by atoms with E-state index in [0.29, 0.717) is 37.2 Å². The van der Waals surface area contributed by atoms with Crippen LogP contribution in [0.5, 0.6) is 11.5 Å². The van der Waals surface area contributed by atoms with E-state index in [9.17, 15) is 23.5 Å². The Labute approximate surface area is 242 Å². The first-order chi connectivity index (χ1) is 19.5. The standard InChI is InChI=1S/C29H33ClF2N4O5/c1-18(2)24-9-12-33-36(24)29(27(39)34-23-8-7-20(30)16-25(23)41-28(31)32)10-13-35(14-11-29)17-22(26(37)38)19-5-4-6-21(15-19)40-3/h4-9,12,15-16,18,22,28H,10-11,13-14,17H2,1-3H3,(H,34,39)(H,37,38). The number of carboxylic acids is 1. The van der Waals surface area contributed by atoms with Crippen molar-refractivity contribution in [1.82, 2.24) is 14.7 Å². The van der Waals surface area contributed by atoms with Gasteiger partial charge in [0.15, 0.2) is 5.75 Å². The number of hydrogen-bond donors (Lipinski definition) is 2. The number of aliphatic carboxylic acids is 1. The second kappa shape index (κ2) is 12.9. The van der Waals surface area contributed by atoms with Crippen LogP contribution in [0.2, 0.25) is 5.02 Å². The van der Waals surface area contributed by atoms with Gasteiger partial charge >= 0.3 is 12.6 Å². The Balaban J connectivity index is 1.61. The lowest BCUT2D eigenvalue weighted by molar-refractivity contribution is -0.140. The molecule has 0 spiro atoms. The normalized spacial score (nSPS) is 16.0. The third kappa shape index (κ3) is 6.79. The molecule has 3 aromatic rings. The molecule has 1 atom stereocenters. The minimum Gasteiger partial charge on any atom is -0.497 e. The van der Waals surface area contributed by atoms with Crippen LogP contribution in [0.3, 0.4) is 0 Å². The maximum atomic E-state index is 14.0. The van der Waals surface area contributed by atoms with Crippen molar-refractivity contribution in [2.75, 3.05) is 32.1 Å². The number of ether oxygens (including phenoxy) is 2. The van der Waals surface area contributed by atoms with Gasteiger partial charge < -0.3 is 24.8 Å². The van der Waals surface area contributed by atoms with Gasteiger partial charge in [-0.05, 0) is 54.7 Å². The lowest BCUT2D eigenvalue weighted by Gasteiger charge is -2.42. The van der Waals surface area contributed by atoms with Gasteiger partial charge in [0.05, 0.1) is 18.7 Å². The summed E-state index contributed by atoms with van der Waals surface area (Å²) in [7, 11) is 1.53. The predicted octanol–water partition coefficient (Wildman–Crippen LogP) is 5.57. The van der Waals surface area contributed by atoms with E-state index in [2.05, 4.69) is 15.2 Å². The first kappa shape index (κ1) is 30.3. The second-order valence-electron chi connectivity index (χ2n) is 10.3. The van der Waals surface area contributed by atoms with Crippen molar-refractivity contribution in [3.8, 4) is 11.5 Å². The highest BCUT2D eigenvalue weighted by atomic mass is 35.5. The number of halogens is 3. The Hall–Kier alpha value is -3.70. The molecule has 9 nitrogen and oxygen atoms in total. The van der Waals surface area contributed by atoms with Gasteiger partial charge in [-0.2, -0.15) is 13.9 Å². The average molecular weight is 591 g/mol. The summed E-state index contributed by atoms with van der Waals surface area (Å²) in [5.41, 5.74) is 0.364.